The number of carbonyl (C=O) groups is 3. The number of aryl methyl sites for hydroxylation is 2. The van der Waals surface area contributed by atoms with Crippen molar-refractivity contribution < 1.29 is 19.1 Å². The number of nitrogens with zero attached hydrogens (tertiary/aromatic N) is 2. The van der Waals surface area contributed by atoms with Gasteiger partial charge < -0.3 is 4.74 Å². The van der Waals surface area contributed by atoms with Crippen molar-refractivity contribution in [1.29, 1.82) is 0 Å². The van der Waals surface area contributed by atoms with E-state index in [0.29, 0.717) is 29.3 Å². The van der Waals surface area contributed by atoms with Gasteiger partial charge in [0.25, 0.3) is 11.8 Å². The number of urea groups is 1. The number of para-hydroxylation sites is 3. The van der Waals surface area contributed by atoms with E-state index >= 15 is 0 Å². The lowest BCUT2D eigenvalue weighted by Crippen LogP contribution is -2.57. The molecule has 0 N–H and O–H groups in total. The minimum atomic E-state index is -0.728. The average molecular weight is 503 g/mol. The van der Waals surface area contributed by atoms with Crippen molar-refractivity contribution in [3.8, 4) is 5.75 Å². The van der Waals surface area contributed by atoms with E-state index in [1.807, 2.05) is 26.0 Å². The number of benzene rings is 4. The van der Waals surface area contributed by atoms with Gasteiger partial charge in [-0.3, -0.25) is 9.59 Å². The fourth-order valence-electron chi connectivity index (χ4n) is 4.54. The molecule has 4 aromatic rings. The number of rotatable bonds is 6. The predicted molar refractivity (Wildman–Crippen MR) is 148 cm³/mol. The van der Waals surface area contributed by atoms with Crippen LogP contribution in [0, 0.1) is 13.8 Å². The van der Waals surface area contributed by atoms with Gasteiger partial charge in [-0.05, 0) is 55.8 Å². The van der Waals surface area contributed by atoms with Crippen LogP contribution in [0.4, 0.5) is 16.2 Å². The normalized spacial score (nSPS) is 13.6. The van der Waals surface area contributed by atoms with Crippen LogP contribution in [-0.4, -0.2) is 17.8 Å². The first-order valence-electron chi connectivity index (χ1n) is 12.3. The van der Waals surface area contributed by atoms with E-state index in [-0.39, 0.29) is 5.57 Å². The second kappa shape index (κ2) is 10.6. The molecule has 0 unspecified atom stereocenters. The number of hydrogen-bond donors (Lipinski definition) is 0. The summed E-state index contributed by atoms with van der Waals surface area (Å²) in [4.78, 5) is 42.8. The molecule has 0 bridgehead atoms. The molecule has 1 aliphatic rings. The minimum absolute atomic E-state index is 0.139. The zero-order valence-corrected chi connectivity index (χ0v) is 21.1. The Morgan fingerprint density at radius 2 is 1.16 bits per heavy atom. The number of amides is 4. The van der Waals surface area contributed by atoms with Crippen molar-refractivity contribution in [2.24, 2.45) is 0 Å². The predicted octanol–water partition coefficient (Wildman–Crippen LogP) is 6.47. The topological polar surface area (TPSA) is 66.9 Å². The van der Waals surface area contributed by atoms with E-state index in [9.17, 15) is 14.4 Å². The molecule has 0 atom stereocenters. The van der Waals surface area contributed by atoms with Gasteiger partial charge in [-0.1, -0.05) is 83.9 Å². The highest BCUT2D eigenvalue weighted by molar-refractivity contribution is 6.46. The van der Waals surface area contributed by atoms with E-state index in [1.54, 1.807) is 72.8 Å². The van der Waals surface area contributed by atoms with E-state index in [4.69, 9.17) is 4.74 Å². The molecule has 4 aromatic carbocycles. The maximum absolute atomic E-state index is 13.6. The summed E-state index contributed by atoms with van der Waals surface area (Å²) in [5.41, 5.74) is 4.48. The Hall–Kier alpha value is -4.97. The molecule has 1 fully saturated rings. The van der Waals surface area contributed by atoms with Crippen LogP contribution in [0.3, 0.4) is 0 Å². The van der Waals surface area contributed by atoms with Gasteiger partial charge in [-0.15, -0.1) is 0 Å². The largest absolute Gasteiger partial charge is 0.488 e. The van der Waals surface area contributed by atoms with E-state index in [2.05, 4.69) is 18.2 Å². The fraction of sp³-hybridized carbons (Fsp3) is 0.0938. The average Bonchev–Trinajstić information content (AvgIpc) is 2.91. The molecular formula is C32H26N2O4. The number of hydrogen-bond acceptors (Lipinski definition) is 4. The van der Waals surface area contributed by atoms with Crippen molar-refractivity contribution in [3.63, 3.8) is 0 Å². The molecule has 0 aliphatic carbocycles. The van der Waals surface area contributed by atoms with Gasteiger partial charge in [0.2, 0.25) is 0 Å². The Kier molecular flexibility index (Phi) is 6.87. The SMILES string of the molecule is Cc1cc(C)cc(COc2ccccc2C=C2C(=O)N(c3ccccc3)C(=O)N(c3ccccc3)C2=O)c1. The van der Waals surface area contributed by atoms with Crippen LogP contribution < -0.4 is 14.5 Å². The van der Waals surface area contributed by atoms with Gasteiger partial charge in [0.05, 0.1) is 11.4 Å². The summed E-state index contributed by atoms with van der Waals surface area (Å²) in [6.07, 6.45) is 1.50. The Morgan fingerprint density at radius 3 is 1.71 bits per heavy atom. The summed E-state index contributed by atoms with van der Waals surface area (Å²) in [5.74, 6) is -0.862. The fourth-order valence-corrected chi connectivity index (χ4v) is 4.54. The van der Waals surface area contributed by atoms with Crippen molar-refractivity contribution in [2.45, 2.75) is 20.5 Å². The van der Waals surface area contributed by atoms with Gasteiger partial charge in [0.15, 0.2) is 0 Å². The highest BCUT2D eigenvalue weighted by Crippen LogP contribution is 2.31. The molecule has 6 nitrogen and oxygen atoms in total. The first-order chi connectivity index (χ1) is 18.4. The lowest BCUT2D eigenvalue weighted by molar-refractivity contribution is -0.121. The first-order valence-corrected chi connectivity index (χ1v) is 12.3. The molecular weight excluding hydrogens is 476 g/mol. The van der Waals surface area contributed by atoms with Crippen LogP contribution in [0.1, 0.15) is 22.3 Å². The van der Waals surface area contributed by atoms with Crippen molar-refractivity contribution >= 4 is 35.3 Å². The minimum Gasteiger partial charge on any atom is -0.488 e. The number of carbonyl (C=O) groups excluding carboxylic acids is 3. The van der Waals surface area contributed by atoms with Crippen molar-refractivity contribution in [2.75, 3.05) is 9.80 Å². The highest BCUT2D eigenvalue weighted by atomic mass is 16.5. The van der Waals surface area contributed by atoms with Crippen LogP contribution in [0.5, 0.6) is 5.75 Å². The molecule has 1 saturated heterocycles. The Labute approximate surface area is 221 Å². The van der Waals surface area contributed by atoms with E-state index in [0.717, 1.165) is 26.5 Å². The molecule has 4 amide bonds. The molecule has 0 radical (unpaired) electrons. The second-order valence-electron chi connectivity index (χ2n) is 9.12. The molecule has 188 valence electrons. The molecule has 1 aliphatic heterocycles. The van der Waals surface area contributed by atoms with Gasteiger partial charge in [-0.25, -0.2) is 14.6 Å². The van der Waals surface area contributed by atoms with Gasteiger partial charge >= 0.3 is 6.03 Å². The maximum atomic E-state index is 13.6. The molecule has 1 heterocycles. The van der Waals surface area contributed by atoms with Gasteiger partial charge in [0.1, 0.15) is 17.9 Å². The molecule has 0 aromatic heterocycles. The summed E-state index contributed by atoms with van der Waals surface area (Å²) >= 11 is 0. The number of ether oxygens (including phenoxy) is 1. The third-order valence-electron chi connectivity index (χ3n) is 6.17. The smallest absolute Gasteiger partial charge is 0.343 e. The van der Waals surface area contributed by atoms with Crippen molar-refractivity contribution in [1.82, 2.24) is 0 Å². The number of barbiturate groups is 1. The Morgan fingerprint density at radius 1 is 0.658 bits per heavy atom. The van der Waals surface area contributed by atoms with E-state index in [1.165, 1.54) is 6.08 Å². The lowest BCUT2D eigenvalue weighted by atomic mass is 10.0. The monoisotopic (exact) mass is 502 g/mol. The van der Waals surface area contributed by atoms with Crippen LogP contribution in [0.25, 0.3) is 6.08 Å². The second-order valence-corrected chi connectivity index (χ2v) is 9.12. The quantitative estimate of drug-likeness (QED) is 0.224. The molecule has 0 spiro atoms. The van der Waals surface area contributed by atoms with Crippen LogP contribution >= 0.6 is 0 Å². The number of anilines is 2. The summed E-state index contributed by atoms with van der Waals surface area (Å²) < 4.78 is 6.13. The van der Waals surface area contributed by atoms with Crippen LogP contribution in [-0.2, 0) is 16.2 Å². The highest BCUT2D eigenvalue weighted by Gasteiger charge is 2.43. The number of imide groups is 2. The summed E-state index contributed by atoms with van der Waals surface area (Å²) in [6.45, 7) is 4.40. The standard InChI is InChI=1S/C32H26N2O4/c1-22-17-23(2)19-24(18-22)21-38-29-16-10-9-11-25(29)20-28-30(35)33(26-12-5-3-6-13-26)32(37)34(31(28)36)27-14-7-4-8-15-27/h3-20H,21H2,1-2H3. The Bertz CT molecular complexity index is 1460. The first kappa shape index (κ1) is 24.7. The lowest BCUT2D eigenvalue weighted by Gasteiger charge is -2.34. The maximum Gasteiger partial charge on any atom is 0.343 e. The molecule has 0 saturated carbocycles. The summed E-state index contributed by atoms with van der Waals surface area (Å²) in [6, 6.07) is 29.9. The molecule has 6 heteroatoms. The Balaban J connectivity index is 1.55. The summed E-state index contributed by atoms with van der Waals surface area (Å²) in [7, 11) is 0. The summed E-state index contributed by atoms with van der Waals surface area (Å²) in [5, 5.41) is 0. The van der Waals surface area contributed by atoms with Gasteiger partial charge in [-0.2, -0.15) is 0 Å². The zero-order chi connectivity index (χ0) is 26.6. The zero-order valence-electron chi connectivity index (χ0n) is 21.1. The van der Waals surface area contributed by atoms with Gasteiger partial charge in [0, 0.05) is 5.56 Å². The molecule has 5 rings (SSSR count). The van der Waals surface area contributed by atoms with Crippen LogP contribution in [0.15, 0.2) is 109 Å². The van der Waals surface area contributed by atoms with Crippen LogP contribution in [0.2, 0.25) is 0 Å². The third-order valence-corrected chi connectivity index (χ3v) is 6.17. The third kappa shape index (κ3) is 4.97. The van der Waals surface area contributed by atoms with Crippen molar-refractivity contribution in [3.05, 3.63) is 131 Å². The van der Waals surface area contributed by atoms with E-state index < -0.39 is 17.8 Å². The molecule has 38 heavy (non-hydrogen) atoms.